The van der Waals surface area contributed by atoms with E-state index in [1.807, 2.05) is 41.3 Å². The number of nitrogens with zero attached hydrogens (tertiary/aromatic N) is 3. The maximum atomic E-state index is 12.8. The predicted molar refractivity (Wildman–Crippen MR) is 116 cm³/mol. The van der Waals surface area contributed by atoms with Gasteiger partial charge in [0, 0.05) is 30.8 Å². The molecule has 0 spiro atoms. The largest absolute Gasteiger partial charge is 0.342 e. The Labute approximate surface area is 175 Å². The Morgan fingerprint density at radius 2 is 1.79 bits per heavy atom. The van der Waals surface area contributed by atoms with E-state index in [9.17, 15) is 9.59 Å². The third kappa shape index (κ3) is 4.33. The van der Waals surface area contributed by atoms with Crippen LogP contribution >= 0.6 is 12.4 Å². The summed E-state index contributed by atoms with van der Waals surface area (Å²) in [5, 5.41) is 4.84. The van der Waals surface area contributed by atoms with Crippen LogP contribution in [0.5, 0.6) is 0 Å². The standard InChI is InChI=1S/C22H24N4O2.ClH/c23-12-17-14-25(15-19(17)16-6-2-1-3-7-16)22(28)10-11-26-20-9-5-4-8-18(20)21(27)13-24-26;/h1-9,13,17,19H,10-12,14-15,23H2;1H/t17-,19+;/m1./s1. The summed E-state index contributed by atoms with van der Waals surface area (Å²) in [5.41, 5.74) is 7.87. The highest BCUT2D eigenvalue weighted by atomic mass is 35.5. The van der Waals surface area contributed by atoms with Gasteiger partial charge in [0.25, 0.3) is 0 Å². The van der Waals surface area contributed by atoms with Gasteiger partial charge in [0.05, 0.1) is 18.3 Å². The molecule has 1 fully saturated rings. The highest BCUT2D eigenvalue weighted by Gasteiger charge is 2.34. The first-order chi connectivity index (χ1) is 13.7. The topological polar surface area (TPSA) is 81.2 Å². The van der Waals surface area contributed by atoms with Crippen molar-refractivity contribution in [2.24, 2.45) is 11.7 Å². The van der Waals surface area contributed by atoms with E-state index in [4.69, 9.17) is 5.73 Å². The first-order valence-electron chi connectivity index (χ1n) is 9.65. The van der Waals surface area contributed by atoms with E-state index in [1.165, 1.54) is 11.8 Å². The van der Waals surface area contributed by atoms with Crippen molar-refractivity contribution in [1.82, 2.24) is 14.7 Å². The number of likely N-dealkylation sites (tertiary alicyclic amines) is 1. The Hall–Kier alpha value is -2.70. The summed E-state index contributed by atoms with van der Waals surface area (Å²) in [5.74, 6) is 0.653. The van der Waals surface area contributed by atoms with E-state index in [0.29, 0.717) is 38.0 Å². The van der Waals surface area contributed by atoms with Crippen molar-refractivity contribution in [3.8, 4) is 0 Å². The van der Waals surface area contributed by atoms with Crippen molar-refractivity contribution in [2.45, 2.75) is 18.9 Å². The van der Waals surface area contributed by atoms with Crippen molar-refractivity contribution in [3.05, 3.63) is 76.6 Å². The molecule has 4 rings (SSSR count). The van der Waals surface area contributed by atoms with E-state index >= 15 is 0 Å². The number of fused-ring (bicyclic) bond motifs is 1. The molecule has 6 nitrogen and oxygen atoms in total. The second-order valence-electron chi connectivity index (χ2n) is 7.31. The molecule has 0 unspecified atom stereocenters. The number of para-hydroxylation sites is 1. The summed E-state index contributed by atoms with van der Waals surface area (Å²) in [7, 11) is 0. The molecular formula is C22H25ClN4O2. The average Bonchev–Trinajstić information content (AvgIpc) is 3.18. The second kappa shape index (κ2) is 9.20. The minimum absolute atomic E-state index is 0. The summed E-state index contributed by atoms with van der Waals surface area (Å²) in [6.45, 7) is 2.39. The minimum atomic E-state index is -0.103. The lowest BCUT2D eigenvalue weighted by molar-refractivity contribution is -0.130. The number of hydrogen-bond acceptors (Lipinski definition) is 4. The molecule has 0 saturated carbocycles. The van der Waals surface area contributed by atoms with Gasteiger partial charge in [-0.3, -0.25) is 14.3 Å². The fourth-order valence-electron chi connectivity index (χ4n) is 4.09. The van der Waals surface area contributed by atoms with E-state index < -0.39 is 0 Å². The second-order valence-corrected chi connectivity index (χ2v) is 7.31. The molecule has 1 amide bonds. The lowest BCUT2D eigenvalue weighted by Gasteiger charge is -2.17. The zero-order chi connectivity index (χ0) is 19.5. The number of benzene rings is 2. The average molecular weight is 413 g/mol. The molecule has 2 atom stereocenters. The Bertz CT molecular complexity index is 1040. The zero-order valence-corrected chi connectivity index (χ0v) is 16.9. The predicted octanol–water partition coefficient (Wildman–Crippen LogP) is 2.41. The number of amides is 1. The number of nitrogens with two attached hydrogens (primary N) is 1. The van der Waals surface area contributed by atoms with Gasteiger partial charge in [-0.1, -0.05) is 42.5 Å². The number of rotatable bonds is 5. The lowest BCUT2D eigenvalue weighted by atomic mass is 9.89. The van der Waals surface area contributed by atoms with Crippen molar-refractivity contribution >= 4 is 29.2 Å². The molecule has 7 heteroatoms. The molecule has 1 saturated heterocycles. The third-order valence-corrected chi connectivity index (χ3v) is 5.62. The number of carbonyl (C=O) groups excluding carboxylic acids is 1. The van der Waals surface area contributed by atoms with E-state index in [2.05, 4.69) is 17.2 Å². The number of aromatic nitrogens is 2. The van der Waals surface area contributed by atoms with Gasteiger partial charge in [-0.05, 0) is 30.2 Å². The van der Waals surface area contributed by atoms with Gasteiger partial charge in [-0.2, -0.15) is 5.10 Å². The van der Waals surface area contributed by atoms with Crippen LogP contribution in [0.2, 0.25) is 0 Å². The molecule has 2 aromatic carbocycles. The first-order valence-corrected chi connectivity index (χ1v) is 9.65. The van der Waals surface area contributed by atoms with Crippen molar-refractivity contribution in [2.75, 3.05) is 19.6 Å². The fourth-order valence-corrected chi connectivity index (χ4v) is 4.09. The molecule has 0 radical (unpaired) electrons. The normalized spacial score (nSPS) is 18.6. The molecule has 2 N–H and O–H groups in total. The van der Waals surface area contributed by atoms with E-state index in [0.717, 1.165) is 5.52 Å². The van der Waals surface area contributed by atoms with Gasteiger partial charge in [0.1, 0.15) is 0 Å². The molecule has 1 aromatic heterocycles. The molecule has 2 heterocycles. The maximum absolute atomic E-state index is 12.8. The summed E-state index contributed by atoms with van der Waals surface area (Å²) >= 11 is 0. The first kappa shape index (κ1) is 21.0. The summed E-state index contributed by atoms with van der Waals surface area (Å²) in [6.07, 6.45) is 1.66. The van der Waals surface area contributed by atoms with Crippen LogP contribution in [-0.4, -0.2) is 40.2 Å². The van der Waals surface area contributed by atoms with Crippen LogP contribution < -0.4 is 11.2 Å². The highest BCUT2D eigenvalue weighted by Crippen LogP contribution is 2.32. The molecule has 1 aliphatic rings. The Kier molecular flexibility index (Phi) is 6.67. The monoisotopic (exact) mass is 412 g/mol. The SMILES string of the molecule is Cl.NC[C@@H]1CN(C(=O)CCn2ncc(=O)c3ccccc32)C[C@H]1c1ccccc1. The zero-order valence-electron chi connectivity index (χ0n) is 16.1. The Morgan fingerprint density at radius 1 is 1.07 bits per heavy atom. The Balaban J connectivity index is 0.00000240. The quantitative estimate of drug-likeness (QED) is 0.697. The lowest BCUT2D eigenvalue weighted by Crippen LogP contribution is -2.30. The van der Waals surface area contributed by atoms with Crippen molar-refractivity contribution in [3.63, 3.8) is 0 Å². The summed E-state index contributed by atoms with van der Waals surface area (Å²) in [4.78, 5) is 26.7. The van der Waals surface area contributed by atoms with Crippen LogP contribution in [0.4, 0.5) is 0 Å². The maximum Gasteiger partial charge on any atom is 0.224 e. The molecule has 0 aliphatic carbocycles. The number of aryl methyl sites for hydroxylation is 1. The molecule has 0 bridgehead atoms. The van der Waals surface area contributed by atoms with E-state index in [-0.39, 0.29) is 35.6 Å². The van der Waals surface area contributed by atoms with E-state index in [1.54, 1.807) is 10.7 Å². The summed E-state index contributed by atoms with van der Waals surface area (Å²) < 4.78 is 1.74. The fraction of sp³-hybridized carbons (Fsp3) is 0.318. The minimum Gasteiger partial charge on any atom is -0.342 e. The smallest absolute Gasteiger partial charge is 0.224 e. The van der Waals surface area contributed by atoms with Crippen LogP contribution in [0.1, 0.15) is 17.9 Å². The number of carbonyl (C=O) groups is 1. The van der Waals surface area contributed by atoms with Gasteiger partial charge in [-0.25, -0.2) is 0 Å². The summed E-state index contributed by atoms with van der Waals surface area (Å²) in [6, 6.07) is 17.6. The van der Waals surface area contributed by atoms with Crippen LogP contribution in [0, 0.1) is 5.92 Å². The van der Waals surface area contributed by atoms with Gasteiger partial charge >= 0.3 is 0 Å². The van der Waals surface area contributed by atoms with Crippen LogP contribution in [-0.2, 0) is 11.3 Å². The number of hydrogen-bond donors (Lipinski definition) is 1. The molecular weight excluding hydrogens is 388 g/mol. The van der Waals surface area contributed by atoms with Gasteiger partial charge < -0.3 is 10.6 Å². The molecule has 152 valence electrons. The van der Waals surface area contributed by atoms with Crippen LogP contribution in [0.15, 0.2) is 65.6 Å². The van der Waals surface area contributed by atoms with Gasteiger partial charge in [0.15, 0.2) is 0 Å². The van der Waals surface area contributed by atoms with Crippen LogP contribution in [0.25, 0.3) is 10.9 Å². The van der Waals surface area contributed by atoms with Gasteiger partial charge in [0.2, 0.25) is 11.3 Å². The third-order valence-electron chi connectivity index (χ3n) is 5.62. The highest BCUT2D eigenvalue weighted by molar-refractivity contribution is 5.85. The molecule has 3 aromatic rings. The van der Waals surface area contributed by atoms with Crippen molar-refractivity contribution in [1.29, 1.82) is 0 Å². The number of halogens is 1. The van der Waals surface area contributed by atoms with Crippen LogP contribution in [0.3, 0.4) is 0 Å². The van der Waals surface area contributed by atoms with Gasteiger partial charge in [-0.15, -0.1) is 12.4 Å². The molecule has 29 heavy (non-hydrogen) atoms. The molecule has 1 aliphatic heterocycles. The Morgan fingerprint density at radius 3 is 2.55 bits per heavy atom. The van der Waals surface area contributed by atoms with Crippen molar-refractivity contribution < 1.29 is 4.79 Å².